The number of rotatable bonds is 5. The molecule has 0 saturated heterocycles. The molecule has 0 aliphatic heterocycles. The second-order valence-corrected chi connectivity index (χ2v) is 6.41. The molecule has 82 valence electrons. The zero-order chi connectivity index (χ0) is 10.7. The molecule has 0 spiro atoms. The highest BCUT2D eigenvalue weighted by Gasteiger charge is 2.40. The van der Waals surface area contributed by atoms with Gasteiger partial charge in [-0.1, -0.05) is 6.92 Å². The van der Waals surface area contributed by atoms with Crippen LogP contribution in [0.5, 0.6) is 5.75 Å². The van der Waals surface area contributed by atoms with Crippen molar-refractivity contribution >= 4 is 10.9 Å². The predicted molar refractivity (Wildman–Crippen MR) is 66.8 cm³/mol. The molecule has 1 atom stereocenters. The summed E-state index contributed by atoms with van der Waals surface area (Å²) in [6, 6.07) is 8.67. The van der Waals surface area contributed by atoms with Crippen LogP contribution in [0.3, 0.4) is 0 Å². The molecular weight excluding hydrogens is 204 g/mol. The lowest BCUT2D eigenvalue weighted by molar-refractivity contribution is 0.414. The van der Waals surface area contributed by atoms with Gasteiger partial charge in [0.2, 0.25) is 0 Å². The van der Waals surface area contributed by atoms with Crippen LogP contribution in [0.1, 0.15) is 26.2 Å². The Morgan fingerprint density at radius 3 is 2.40 bits per heavy atom. The molecule has 0 amide bonds. The summed E-state index contributed by atoms with van der Waals surface area (Å²) >= 11 is 0. The van der Waals surface area contributed by atoms with E-state index in [4.69, 9.17) is 4.74 Å². The molecule has 0 N–H and O–H groups in total. The van der Waals surface area contributed by atoms with Gasteiger partial charge in [0.1, 0.15) is 16.8 Å². The van der Waals surface area contributed by atoms with Crippen molar-refractivity contribution in [2.75, 3.05) is 12.9 Å². The second kappa shape index (κ2) is 4.93. The van der Waals surface area contributed by atoms with Crippen molar-refractivity contribution in [1.29, 1.82) is 0 Å². The Morgan fingerprint density at radius 1 is 1.27 bits per heavy atom. The highest BCUT2D eigenvalue weighted by Crippen LogP contribution is 2.36. The second-order valence-electron chi connectivity index (χ2n) is 4.01. The first-order valence-electron chi connectivity index (χ1n) is 5.69. The fourth-order valence-corrected chi connectivity index (χ4v) is 4.38. The fraction of sp³-hybridized carbons (Fsp3) is 0.538. The van der Waals surface area contributed by atoms with E-state index >= 15 is 0 Å². The Kier molecular flexibility index (Phi) is 3.57. The molecule has 1 aliphatic rings. The first-order chi connectivity index (χ1) is 7.35. The van der Waals surface area contributed by atoms with Crippen molar-refractivity contribution in [2.24, 2.45) is 0 Å². The lowest BCUT2D eigenvalue weighted by atomic mass is 10.3. The van der Waals surface area contributed by atoms with Gasteiger partial charge in [0, 0.05) is 23.7 Å². The van der Waals surface area contributed by atoms with Crippen LogP contribution in [0.2, 0.25) is 0 Å². The summed E-state index contributed by atoms with van der Waals surface area (Å²) in [4.78, 5) is 1.53. The highest BCUT2D eigenvalue weighted by molar-refractivity contribution is 7.97. The maximum absolute atomic E-state index is 5.19. The zero-order valence-corrected chi connectivity index (χ0v) is 10.3. The summed E-state index contributed by atoms with van der Waals surface area (Å²) < 4.78 is 5.19. The maximum Gasteiger partial charge on any atom is 0.155 e. The molecule has 1 unspecified atom stereocenters. The fourth-order valence-electron chi connectivity index (χ4n) is 1.80. The molecule has 0 radical (unpaired) electrons. The Hall–Kier alpha value is -0.630. The quantitative estimate of drug-likeness (QED) is 0.696. The Bertz CT molecular complexity index is 303. The molecular formula is C13H19OS+. The number of hydrogen-bond acceptors (Lipinski definition) is 1. The first kappa shape index (κ1) is 10.9. The van der Waals surface area contributed by atoms with Crippen LogP contribution in [-0.2, 0) is 10.9 Å². The van der Waals surface area contributed by atoms with Crippen LogP contribution >= 0.6 is 0 Å². The van der Waals surface area contributed by atoms with E-state index in [1.807, 2.05) is 0 Å². The van der Waals surface area contributed by atoms with Gasteiger partial charge in [0.05, 0.1) is 7.11 Å². The third-order valence-electron chi connectivity index (χ3n) is 2.71. The molecule has 1 aromatic carbocycles. The topological polar surface area (TPSA) is 9.23 Å². The minimum atomic E-state index is 0.506. The molecule has 2 heteroatoms. The Labute approximate surface area is 95.2 Å². The van der Waals surface area contributed by atoms with Gasteiger partial charge in [-0.15, -0.1) is 0 Å². The van der Waals surface area contributed by atoms with E-state index in [1.54, 1.807) is 7.11 Å². The molecule has 1 aliphatic carbocycles. The number of benzene rings is 1. The third kappa shape index (κ3) is 2.69. The van der Waals surface area contributed by atoms with E-state index in [0.29, 0.717) is 10.9 Å². The normalized spacial score (nSPS) is 17.5. The molecule has 1 fully saturated rings. The van der Waals surface area contributed by atoms with Crippen LogP contribution in [-0.4, -0.2) is 18.1 Å². The molecule has 2 rings (SSSR count). The summed E-state index contributed by atoms with van der Waals surface area (Å²) in [6.07, 6.45) is 4.18. The average molecular weight is 223 g/mol. The van der Waals surface area contributed by atoms with E-state index in [1.165, 1.54) is 29.9 Å². The van der Waals surface area contributed by atoms with Crippen LogP contribution in [0, 0.1) is 0 Å². The van der Waals surface area contributed by atoms with Crippen LogP contribution in [0.25, 0.3) is 0 Å². The van der Waals surface area contributed by atoms with Crippen molar-refractivity contribution in [3.05, 3.63) is 24.3 Å². The van der Waals surface area contributed by atoms with E-state index in [-0.39, 0.29) is 0 Å². The molecule has 0 aromatic heterocycles. The van der Waals surface area contributed by atoms with Crippen molar-refractivity contribution < 1.29 is 4.74 Å². The van der Waals surface area contributed by atoms with Crippen molar-refractivity contribution in [1.82, 2.24) is 0 Å². The molecule has 1 aromatic rings. The van der Waals surface area contributed by atoms with Gasteiger partial charge in [-0.3, -0.25) is 0 Å². The first-order valence-corrected chi connectivity index (χ1v) is 7.14. The number of methoxy groups -OCH3 is 1. The van der Waals surface area contributed by atoms with E-state index in [0.717, 1.165) is 11.0 Å². The summed E-state index contributed by atoms with van der Waals surface area (Å²) in [6.45, 7) is 2.28. The predicted octanol–water partition coefficient (Wildman–Crippen LogP) is 3.24. The van der Waals surface area contributed by atoms with Gasteiger partial charge in [-0.05, 0) is 30.7 Å². The minimum Gasteiger partial charge on any atom is -0.497 e. The Balaban J connectivity index is 2.10. The summed E-state index contributed by atoms with van der Waals surface area (Å²) in [5.41, 5.74) is 0. The van der Waals surface area contributed by atoms with E-state index in [2.05, 4.69) is 31.2 Å². The van der Waals surface area contributed by atoms with Crippen molar-refractivity contribution in [2.45, 2.75) is 36.3 Å². The maximum atomic E-state index is 5.19. The molecule has 0 bridgehead atoms. The summed E-state index contributed by atoms with van der Waals surface area (Å²) in [5, 5.41) is 0.985. The number of hydrogen-bond donors (Lipinski definition) is 0. The molecule has 1 nitrogen and oxygen atoms in total. The zero-order valence-electron chi connectivity index (χ0n) is 9.53. The molecule has 1 saturated carbocycles. The lowest BCUT2D eigenvalue weighted by Gasteiger charge is -2.06. The highest BCUT2D eigenvalue weighted by atomic mass is 32.2. The number of ether oxygens (including phenoxy) is 1. The minimum absolute atomic E-state index is 0.506. The van der Waals surface area contributed by atoms with Gasteiger partial charge in [0.15, 0.2) is 4.90 Å². The van der Waals surface area contributed by atoms with Gasteiger partial charge >= 0.3 is 0 Å². The third-order valence-corrected chi connectivity index (χ3v) is 5.71. The molecule has 15 heavy (non-hydrogen) atoms. The Morgan fingerprint density at radius 2 is 1.93 bits per heavy atom. The van der Waals surface area contributed by atoms with Crippen LogP contribution < -0.4 is 4.74 Å². The van der Waals surface area contributed by atoms with Gasteiger partial charge in [-0.25, -0.2) is 0 Å². The van der Waals surface area contributed by atoms with Crippen LogP contribution in [0.4, 0.5) is 0 Å². The largest absolute Gasteiger partial charge is 0.497 e. The average Bonchev–Trinajstić information content (AvgIpc) is 3.10. The van der Waals surface area contributed by atoms with Gasteiger partial charge in [-0.2, -0.15) is 0 Å². The van der Waals surface area contributed by atoms with E-state index < -0.39 is 0 Å². The summed E-state index contributed by atoms with van der Waals surface area (Å²) in [7, 11) is 2.23. The monoisotopic (exact) mass is 223 g/mol. The smallest absolute Gasteiger partial charge is 0.155 e. The van der Waals surface area contributed by atoms with Gasteiger partial charge in [0.25, 0.3) is 0 Å². The standard InChI is InChI=1S/C13H19OS/c1-3-10-15(13-8-9-13)12-6-4-11(14-2)5-7-12/h4-7,13H,3,8-10H2,1-2H3/q+1. The van der Waals surface area contributed by atoms with Crippen LogP contribution in [0.15, 0.2) is 29.2 Å². The lowest BCUT2D eigenvalue weighted by Crippen LogP contribution is -2.12. The van der Waals surface area contributed by atoms with E-state index in [9.17, 15) is 0 Å². The summed E-state index contributed by atoms with van der Waals surface area (Å²) in [5.74, 6) is 2.33. The van der Waals surface area contributed by atoms with Crippen molar-refractivity contribution in [3.8, 4) is 5.75 Å². The SMILES string of the molecule is CCC[S+](c1ccc(OC)cc1)C1CC1. The van der Waals surface area contributed by atoms with Crippen molar-refractivity contribution in [3.63, 3.8) is 0 Å². The van der Waals surface area contributed by atoms with Gasteiger partial charge < -0.3 is 4.74 Å². The molecule has 0 heterocycles.